The zero-order chi connectivity index (χ0) is 10.1. The van der Waals surface area contributed by atoms with E-state index in [1.807, 2.05) is 31.3 Å². The van der Waals surface area contributed by atoms with Gasteiger partial charge in [-0.2, -0.15) is 0 Å². The molecule has 1 aromatic rings. The van der Waals surface area contributed by atoms with Crippen LogP contribution in [-0.2, 0) is 0 Å². The van der Waals surface area contributed by atoms with E-state index >= 15 is 0 Å². The summed E-state index contributed by atoms with van der Waals surface area (Å²) >= 11 is 0. The van der Waals surface area contributed by atoms with Gasteiger partial charge in [0.2, 0.25) is 0 Å². The van der Waals surface area contributed by atoms with Crippen LogP contribution in [-0.4, -0.2) is 30.3 Å². The summed E-state index contributed by atoms with van der Waals surface area (Å²) in [4.78, 5) is 6.15. The van der Waals surface area contributed by atoms with E-state index in [1.54, 1.807) is 18.3 Å². The molecule has 2 rings (SSSR count). The second-order valence-corrected chi connectivity index (χ2v) is 3.48. The molecule has 0 unspecified atom stereocenters. The summed E-state index contributed by atoms with van der Waals surface area (Å²) in [5, 5.41) is 9.68. The van der Waals surface area contributed by atoms with Crippen LogP contribution in [0, 0.1) is 0 Å². The Morgan fingerprint density at radius 1 is 1.36 bits per heavy atom. The van der Waals surface area contributed by atoms with E-state index in [9.17, 15) is 5.11 Å². The Labute approximate surface area is 83.0 Å². The van der Waals surface area contributed by atoms with Crippen LogP contribution in [0.3, 0.4) is 0 Å². The predicted molar refractivity (Wildman–Crippen MR) is 57.9 cm³/mol. The van der Waals surface area contributed by atoms with E-state index in [4.69, 9.17) is 0 Å². The fraction of sp³-hybridized carbons (Fsp3) is 0.182. The van der Waals surface area contributed by atoms with Crippen molar-refractivity contribution in [1.29, 1.82) is 0 Å². The van der Waals surface area contributed by atoms with Gasteiger partial charge >= 0.3 is 0 Å². The maximum Gasteiger partial charge on any atom is 0.125 e. The molecule has 1 aliphatic heterocycles. The van der Waals surface area contributed by atoms with Crippen molar-refractivity contribution in [1.82, 2.24) is 4.90 Å². The van der Waals surface area contributed by atoms with Gasteiger partial charge in [0, 0.05) is 32.1 Å². The normalized spacial score (nSPS) is 16.0. The van der Waals surface area contributed by atoms with Crippen LogP contribution in [0.2, 0.25) is 0 Å². The minimum Gasteiger partial charge on any atom is -0.507 e. The van der Waals surface area contributed by atoms with Crippen molar-refractivity contribution in [2.45, 2.75) is 0 Å². The largest absolute Gasteiger partial charge is 0.507 e. The van der Waals surface area contributed by atoms with Gasteiger partial charge in [-0.05, 0) is 12.1 Å². The Morgan fingerprint density at radius 3 is 2.86 bits per heavy atom. The molecule has 0 amide bonds. The lowest BCUT2D eigenvalue weighted by atomic mass is 10.1. The van der Waals surface area contributed by atoms with E-state index < -0.39 is 0 Å². The molecule has 0 aromatic heterocycles. The second kappa shape index (κ2) is 3.18. The summed E-state index contributed by atoms with van der Waals surface area (Å²) in [6, 6.07) is 5.36. The summed E-state index contributed by atoms with van der Waals surface area (Å²) in [7, 11) is 3.89. The molecule has 0 fully saturated rings. The molecular formula is C11H12N2O. The lowest BCUT2D eigenvalue weighted by Crippen LogP contribution is -2.02. The Balaban J connectivity index is 2.53. The number of allylic oxidation sites excluding steroid dienone is 1. The van der Waals surface area contributed by atoms with Gasteiger partial charge in [0.25, 0.3) is 0 Å². The molecule has 1 aliphatic rings. The summed E-state index contributed by atoms with van der Waals surface area (Å²) in [5.41, 5.74) is 2.60. The van der Waals surface area contributed by atoms with Crippen LogP contribution >= 0.6 is 0 Å². The summed E-state index contributed by atoms with van der Waals surface area (Å²) in [6.45, 7) is 0. The number of aromatic hydroxyl groups is 1. The minimum atomic E-state index is 0.285. The molecule has 0 saturated carbocycles. The van der Waals surface area contributed by atoms with Crippen molar-refractivity contribution < 1.29 is 5.11 Å². The third-order valence-corrected chi connectivity index (χ3v) is 2.05. The van der Waals surface area contributed by atoms with Crippen LogP contribution in [0.15, 0.2) is 29.4 Å². The minimum absolute atomic E-state index is 0.285. The lowest BCUT2D eigenvalue weighted by Gasteiger charge is -2.07. The van der Waals surface area contributed by atoms with Gasteiger partial charge in [0.1, 0.15) is 5.75 Å². The number of aliphatic imine (C=N–C) groups is 1. The maximum absolute atomic E-state index is 9.68. The van der Waals surface area contributed by atoms with Crippen molar-refractivity contribution >= 4 is 17.5 Å². The van der Waals surface area contributed by atoms with Gasteiger partial charge in [-0.1, -0.05) is 6.07 Å². The van der Waals surface area contributed by atoms with Crippen molar-refractivity contribution in [3.8, 4) is 5.75 Å². The first-order chi connectivity index (χ1) is 6.68. The number of phenolic OH excluding ortho intramolecular Hbond substituents is 1. The van der Waals surface area contributed by atoms with Crippen LogP contribution in [0.1, 0.15) is 5.56 Å². The molecule has 72 valence electrons. The molecule has 1 N–H and O–H groups in total. The highest BCUT2D eigenvalue weighted by Crippen LogP contribution is 2.37. The van der Waals surface area contributed by atoms with Gasteiger partial charge < -0.3 is 10.0 Å². The number of hydrogen-bond acceptors (Lipinski definition) is 3. The first kappa shape index (κ1) is 8.81. The molecule has 0 bridgehead atoms. The molecule has 0 saturated heterocycles. The van der Waals surface area contributed by atoms with Gasteiger partial charge in [-0.25, -0.2) is 0 Å². The molecule has 1 heterocycles. The molecular weight excluding hydrogens is 176 g/mol. The molecule has 0 atom stereocenters. The molecule has 3 nitrogen and oxygen atoms in total. The number of phenols is 1. The van der Waals surface area contributed by atoms with E-state index in [-0.39, 0.29) is 5.75 Å². The van der Waals surface area contributed by atoms with Gasteiger partial charge in [-0.3, -0.25) is 4.99 Å². The van der Waals surface area contributed by atoms with Crippen LogP contribution in [0.25, 0.3) is 5.57 Å². The topological polar surface area (TPSA) is 35.8 Å². The average Bonchev–Trinajstić information content (AvgIpc) is 2.49. The van der Waals surface area contributed by atoms with Crippen molar-refractivity contribution in [2.75, 3.05) is 14.1 Å². The Kier molecular flexibility index (Phi) is 2.00. The first-order valence-electron chi connectivity index (χ1n) is 4.43. The van der Waals surface area contributed by atoms with Crippen molar-refractivity contribution in [3.63, 3.8) is 0 Å². The SMILES string of the molecule is CN(C)C=C1C=Nc2cccc(O)c21. The zero-order valence-corrected chi connectivity index (χ0v) is 8.23. The quantitative estimate of drug-likeness (QED) is 0.731. The number of rotatable bonds is 1. The molecule has 0 aliphatic carbocycles. The fourth-order valence-electron chi connectivity index (χ4n) is 1.51. The number of hydrogen-bond donors (Lipinski definition) is 1. The Morgan fingerprint density at radius 2 is 2.14 bits per heavy atom. The zero-order valence-electron chi connectivity index (χ0n) is 8.23. The van der Waals surface area contributed by atoms with Crippen LogP contribution in [0.4, 0.5) is 5.69 Å². The lowest BCUT2D eigenvalue weighted by molar-refractivity contribution is 0.474. The number of nitrogens with zero attached hydrogens (tertiary/aromatic N) is 2. The molecule has 3 heteroatoms. The molecule has 1 aromatic carbocycles. The van der Waals surface area contributed by atoms with E-state index in [1.165, 1.54) is 0 Å². The molecule has 0 spiro atoms. The smallest absolute Gasteiger partial charge is 0.125 e. The number of benzene rings is 1. The highest BCUT2D eigenvalue weighted by molar-refractivity contribution is 6.17. The maximum atomic E-state index is 9.68. The van der Waals surface area contributed by atoms with Crippen molar-refractivity contribution in [2.24, 2.45) is 4.99 Å². The van der Waals surface area contributed by atoms with Crippen molar-refractivity contribution in [3.05, 3.63) is 30.0 Å². The molecule has 0 radical (unpaired) electrons. The highest BCUT2D eigenvalue weighted by atomic mass is 16.3. The average molecular weight is 188 g/mol. The summed E-state index contributed by atoms with van der Waals surface area (Å²) < 4.78 is 0. The predicted octanol–water partition coefficient (Wildman–Crippen LogP) is 2.01. The standard InChI is InChI=1S/C11H12N2O/c1-13(2)7-8-6-12-9-4-3-5-10(14)11(8)9/h3-7,14H,1-2H3. The molecule has 14 heavy (non-hydrogen) atoms. The third-order valence-electron chi connectivity index (χ3n) is 2.05. The summed E-state index contributed by atoms with van der Waals surface area (Å²) in [6.07, 6.45) is 3.71. The van der Waals surface area contributed by atoms with E-state index in [0.717, 1.165) is 16.8 Å². The van der Waals surface area contributed by atoms with Gasteiger partial charge in [0.15, 0.2) is 0 Å². The summed E-state index contributed by atoms with van der Waals surface area (Å²) in [5.74, 6) is 0.285. The first-order valence-corrected chi connectivity index (χ1v) is 4.43. The van der Waals surface area contributed by atoms with Crippen LogP contribution in [0.5, 0.6) is 5.75 Å². The third kappa shape index (κ3) is 1.37. The van der Waals surface area contributed by atoms with E-state index in [0.29, 0.717) is 0 Å². The number of fused-ring (bicyclic) bond motifs is 1. The van der Waals surface area contributed by atoms with E-state index in [2.05, 4.69) is 4.99 Å². The van der Waals surface area contributed by atoms with Crippen LogP contribution < -0.4 is 0 Å². The van der Waals surface area contributed by atoms with Gasteiger partial charge in [0.05, 0.1) is 11.3 Å². The van der Waals surface area contributed by atoms with Gasteiger partial charge in [-0.15, -0.1) is 0 Å². The monoisotopic (exact) mass is 188 g/mol. The fourth-order valence-corrected chi connectivity index (χ4v) is 1.51. The second-order valence-electron chi connectivity index (χ2n) is 3.48. The Bertz CT molecular complexity index is 419. The Hall–Kier alpha value is -1.77. The highest BCUT2D eigenvalue weighted by Gasteiger charge is 2.15.